The van der Waals surface area contributed by atoms with Crippen molar-refractivity contribution < 1.29 is 13.9 Å². The quantitative estimate of drug-likeness (QED) is 0.922. The van der Waals surface area contributed by atoms with Crippen molar-refractivity contribution in [2.45, 2.75) is 25.1 Å². The zero-order valence-corrected chi connectivity index (χ0v) is 12.8. The first kappa shape index (κ1) is 15.0. The molecule has 1 N–H and O–H groups in total. The van der Waals surface area contributed by atoms with Crippen LogP contribution < -0.4 is 4.74 Å². The molecule has 2 atom stereocenters. The summed E-state index contributed by atoms with van der Waals surface area (Å²) in [5.41, 5.74) is 0.829. The Morgan fingerprint density at radius 1 is 1.41 bits per heavy atom. The van der Waals surface area contributed by atoms with Gasteiger partial charge in [-0.2, -0.15) is 0 Å². The van der Waals surface area contributed by atoms with E-state index in [1.807, 2.05) is 6.20 Å². The number of aromatic amines is 1. The van der Waals surface area contributed by atoms with Crippen LogP contribution in [-0.2, 0) is 11.3 Å². The van der Waals surface area contributed by atoms with Gasteiger partial charge in [-0.15, -0.1) is 0 Å². The fraction of sp³-hybridized carbons (Fsp3) is 0.438. The van der Waals surface area contributed by atoms with Crippen molar-refractivity contribution in [3.05, 3.63) is 47.8 Å². The van der Waals surface area contributed by atoms with Gasteiger partial charge in [-0.25, -0.2) is 9.37 Å². The molecule has 0 aliphatic carbocycles. The van der Waals surface area contributed by atoms with E-state index in [0.717, 1.165) is 24.4 Å². The maximum Gasteiger partial charge on any atom is 0.123 e. The fourth-order valence-electron chi connectivity index (χ4n) is 3.04. The molecule has 1 saturated heterocycles. The van der Waals surface area contributed by atoms with Crippen LogP contribution in [0.3, 0.4) is 0 Å². The van der Waals surface area contributed by atoms with Crippen molar-refractivity contribution >= 4 is 0 Å². The highest BCUT2D eigenvalue weighted by atomic mass is 19.1. The molecule has 6 heteroatoms. The Kier molecular flexibility index (Phi) is 4.40. The lowest BCUT2D eigenvalue weighted by atomic mass is 10.1. The van der Waals surface area contributed by atoms with E-state index in [-0.39, 0.29) is 18.0 Å². The molecule has 0 bridgehead atoms. The Bertz CT molecular complexity index is 618. The molecule has 3 rings (SSSR count). The monoisotopic (exact) mass is 305 g/mol. The van der Waals surface area contributed by atoms with Gasteiger partial charge in [0.05, 0.1) is 19.3 Å². The summed E-state index contributed by atoms with van der Waals surface area (Å²) >= 11 is 0. The third kappa shape index (κ3) is 2.98. The molecule has 5 nitrogen and oxygen atoms in total. The molecule has 1 fully saturated rings. The summed E-state index contributed by atoms with van der Waals surface area (Å²) in [6.45, 7) is 1.37. The van der Waals surface area contributed by atoms with Gasteiger partial charge in [0, 0.05) is 38.2 Å². The van der Waals surface area contributed by atoms with E-state index in [1.165, 1.54) is 12.1 Å². The second-order valence-corrected chi connectivity index (χ2v) is 5.47. The Morgan fingerprint density at radius 3 is 2.95 bits per heavy atom. The van der Waals surface area contributed by atoms with Gasteiger partial charge < -0.3 is 14.5 Å². The smallest absolute Gasteiger partial charge is 0.123 e. The number of rotatable bonds is 5. The number of nitrogens with zero attached hydrogens (tertiary/aromatic N) is 2. The summed E-state index contributed by atoms with van der Waals surface area (Å²) in [5, 5.41) is 0. The fourth-order valence-corrected chi connectivity index (χ4v) is 3.04. The van der Waals surface area contributed by atoms with Gasteiger partial charge in [-0.3, -0.25) is 4.90 Å². The van der Waals surface area contributed by atoms with E-state index < -0.39 is 0 Å². The van der Waals surface area contributed by atoms with Crippen LogP contribution in [0.1, 0.15) is 23.9 Å². The molecule has 1 aliphatic heterocycles. The summed E-state index contributed by atoms with van der Waals surface area (Å²) in [6.07, 6.45) is 4.57. The number of H-pyrrole nitrogens is 1. The molecule has 1 aromatic carbocycles. The standard InChI is InChI=1S/C16H20FN3O2/c1-21-13-8-14(16-18-5-6-19-16)20(10-13)9-11-7-12(17)3-4-15(11)22-2/h3-7,13-14H,8-10H2,1-2H3,(H,18,19)/t13-,14?/m1/s1. The van der Waals surface area contributed by atoms with E-state index in [1.54, 1.807) is 26.5 Å². The number of nitrogens with one attached hydrogen (secondary N) is 1. The zero-order valence-electron chi connectivity index (χ0n) is 12.8. The molecule has 0 spiro atoms. The van der Waals surface area contributed by atoms with Crippen molar-refractivity contribution in [3.8, 4) is 5.75 Å². The van der Waals surface area contributed by atoms with Crippen molar-refractivity contribution in [2.24, 2.45) is 0 Å². The maximum absolute atomic E-state index is 13.6. The molecular weight excluding hydrogens is 285 g/mol. The molecule has 0 saturated carbocycles. The summed E-state index contributed by atoms with van der Waals surface area (Å²) in [5.74, 6) is 1.35. The van der Waals surface area contributed by atoms with Crippen LogP contribution >= 0.6 is 0 Å². The van der Waals surface area contributed by atoms with E-state index in [2.05, 4.69) is 14.9 Å². The first-order valence-electron chi connectivity index (χ1n) is 7.29. The first-order valence-corrected chi connectivity index (χ1v) is 7.29. The summed E-state index contributed by atoms with van der Waals surface area (Å²) < 4.78 is 24.4. The van der Waals surface area contributed by atoms with Gasteiger partial charge >= 0.3 is 0 Å². The Balaban J connectivity index is 1.84. The highest BCUT2D eigenvalue weighted by Crippen LogP contribution is 2.34. The molecular formula is C16H20FN3O2. The van der Waals surface area contributed by atoms with Crippen LogP contribution in [0.5, 0.6) is 5.75 Å². The number of benzene rings is 1. The number of hydrogen-bond acceptors (Lipinski definition) is 4. The van der Waals surface area contributed by atoms with Gasteiger partial charge in [-0.1, -0.05) is 0 Å². The molecule has 0 radical (unpaired) electrons. The molecule has 1 unspecified atom stereocenters. The molecule has 1 aromatic heterocycles. The van der Waals surface area contributed by atoms with Crippen LogP contribution in [0, 0.1) is 5.82 Å². The van der Waals surface area contributed by atoms with Crippen molar-refractivity contribution in [1.29, 1.82) is 0 Å². The molecule has 2 heterocycles. The number of likely N-dealkylation sites (tertiary alicyclic amines) is 1. The first-order chi connectivity index (χ1) is 10.7. The van der Waals surface area contributed by atoms with Crippen molar-refractivity contribution in [3.63, 3.8) is 0 Å². The SMILES string of the molecule is COc1ccc(F)cc1CN1C[C@H](OC)CC1c1ncc[nH]1. The Hall–Kier alpha value is -1.92. The molecule has 0 amide bonds. The third-order valence-corrected chi connectivity index (χ3v) is 4.15. The molecule has 2 aromatic rings. The van der Waals surface area contributed by atoms with Crippen LogP contribution in [0.25, 0.3) is 0 Å². The minimum absolute atomic E-state index is 0.132. The van der Waals surface area contributed by atoms with Crippen molar-refractivity contribution in [1.82, 2.24) is 14.9 Å². The van der Waals surface area contributed by atoms with Gasteiger partial charge in [-0.05, 0) is 24.6 Å². The average molecular weight is 305 g/mol. The topological polar surface area (TPSA) is 50.4 Å². The largest absolute Gasteiger partial charge is 0.496 e. The normalized spacial score (nSPS) is 22.1. The van der Waals surface area contributed by atoms with E-state index in [0.29, 0.717) is 12.3 Å². The van der Waals surface area contributed by atoms with Crippen molar-refractivity contribution in [2.75, 3.05) is 20.8 Å². The summed E-state index contributed by atoms with van der Waals surface area (Å²) in [7, 11) is 3.32. The van der Waals surface area contributed by atoms with E-state index >= 15 is 0 Å². The highest BCUT2D eigenvalue weighted by Gasteiger charge is 2.35. The summed E-state index contributed by atoms with van der Waals surface area (Å²) in [4.78, 5) is 9.77. The van der Waals surface area contributed by atoms with Gasteiger partial charge in [0.1, 0.15) is 17.4 Å². The highest BCUT2D eigenvalue weighted by molar-refractivity contribution is 5.34. The molecule has 1 aliphatic rings. The van der Waals surface area contributed by atoms with E-state index in [4.69, 9.17) is 9.47 Å². The molecule has 118 valence electrons. The minimum Gasteiger partial charge on any atom is -0.496 e. The van der Waals surface area contributed by atoms with Gasteiger partial charge in [0.25, 0.3) is 0 Å². The maximum atomic E-state index is 13.6. The second kappa shape index (κ2) is 6.46. The number of hydrogen-bond donors (Lipinski definition) is 1. The lowest BCUT2D eigenvalue weighted by Gasteiger charge is -2.23. The van der Waals surface area contributed by atoms with E-state index in [9.17, 15) is 4.39 Å². The Labute approximate surface area is 129 Å². The number of ether oxygens (including phenoxy) is 2. The van der Waals surface area contributed by atoms with Gasteiger partial charge in [0.2, 0.25) is 0 Å². The second-order valence-electron chi connectivity index (χ2n) is 5.47. The zero-order chi connectivity index (χ0) is 15.5. The predicted molar refractivity (Wildman–Crippen MR) is 80.1 cm³/mol. The molecule has 22 heavy (non-hydrogen) atoms. The summed E-state index contributed by atoms with van der Waals surface area (Å²) in [6, 6.07) is 4.73. The number of imidazole rings is 1. The minimum atomic E-state index is -0.257. The lowest BCUT2D eigenvalue weighted by Crippen LogP contribution is -2.25. The number of methoxy groups -OCH3 is 2. The Morgan fingerprint density at radius 2 is 2.27 bits per heavy atom. The number of aromatic nitrogens is 2. The van der Waals surface area contributed by atoms with Crippen LogP contribution in [0.15, 0.2) is 30.6 Å². The van der Waals surface area contributed by atoms with Crippen LogP contribution in [0.4, 0.5) is 4.39 Å². The van der Waals surface area contributed by atoms with Crippen LogP contribution in [-0.4, -0.2) is 41.7 Å². The number of halogens is 1. The predicted octanol–water partition coefficient (Wildman–Crippen LogP) is 2.52. The third-order valence-electron chi connectivity index (χ3n) is 4.15. The average Bonchev–Trinajstić information content (AvgIpc) is 3.16. The lowest BCUT2D eigenvalue weighted by molar-refractivity contribution is 0.107. The van der Waals surface area contributed by atoms with Crippen LogP contribution in [0.2, 0.25) is 0 Å². The van der Waals surface area contributed by atoms with Gasteiger partial charge in [0.15, 0.2) is 0 Å².